The van der Waals surface area contributed by atoms with Gasteiger partial charge in [-0.2, -0.15) is 5.10 Å². The fourth-order valence-electron chi connectivity index (χ4n) is 2.50. The van der Waals surface area contributed by atoms with Gasteiger partial charge in [-0.15, -0.1) is 0 Å². The van der Waals surface area contributed by atoms with Crippen molar-refractivity contribution >= 4 is 38.6 Å². The molecule has 7 nitrogen and oxygen atoms in total. The largest absolute Gasteiger partial charge is 0.455 e. The summed E-state index contributed by atoms with van der Waals surface area (Å²) in [5, 5.41) is 15.8. The molecule has 0 aliphatic carbocycles. The Morgan fingerprint density at radius 1 is 1.22 bits per heavy atom. The van der Waals surface area contributed by atoms with Crippen molar-refractivity contribution < 1.29 is 13.7 Å². The first-order valence-corrected chi connectivity index (χ1v) is 8.60. The number of nitro groups is 1. The van der Waals surface area contributed by atoms with E-state index >= 15 is 0 Å². The van der Waals surface area contributed by atoms with Gasteiger partial charge in [0.2, 0.25) is 5.13 Å². The van der Waals surface area contributed by atoms with Crippen LogP contribution in [0.1, 0.15) is 5.76 Å². The first kappa shape index (κ1) is 16.9. The zero-order chi connectivity index (χ0) is 18.8. The second-order valence-electron chi connectivity index (χ2n) is 5.48. The fraction of sp³-hybridized carbons (Fsp3) is 0. The van der Waals surface area contributed by atoms with E-state index < -0.39 is 10.7 Å². The summed E-state index contributed by atoms with van der Waals surface area (Å²) < 4.78 is 19.9. The monoisotopic (exact) mass is 382 g/mol. The number of nitrogens with zero attached hydrogens (tertiary/aromatic N) is 3. The van der Waals surface area contributed by atoms with Crippen LogP contribution in [0.3, 0.4) is 0 Å². The molecule has 2 heterocycles. The summed E-state index contributed by atoms with van der Waals surface area (Å²) in [6.07, 6.45) is 1.44. The Bertz CT molecular complexity index is 1140. The van der Waals surface area contributed by atoms with Crippen LogP contribution in [0, 0.1) is 15.9 Å². The summed E-state index contributed by atoms with van der Waals surface area (Å²) in [4.78, 5) is 14.9. The fourth-order valence-corrected chi connectivity index (χ4v) is 3.32. The van der Waals surface area contributed by atoms with Crippen molar-refractivity contribution in [1.82, 2.24) is 4.98 Å². The molecule has 27 heavy (non-hydrogen) atoms. The Hall–Kier alpha value is -3.59. The minimum atomic E-state index is -0.682. The molecule has 9 heteroatoms. The Morgan fingerprint density at radius 2 is 2.07 bits per heavy atom. The molecule has 0 spiro atoms. The molecule has 4 rings (SSSR count). The Labute approximate surface area is 155 Å². The van der Waals surface area contributed by atoms with Gasteiger partial charge in [0.25, 0.3) is 5.69 Å². The highest BCUT2D eigenvalue weighted by Gasteiger charge is 2.19. The molecule has 0 radical (unpaired) electrons. The molecule has 0 aliphatic rings. The van der Waals surface area contributed by atoms with E-state index in [-0.39, 0.29) is 17.0 Å². The number of nitro benzene ring substituents is 1. The summed E-state index contributed by atoms with van der Waals surface area (Å²) >= 11 is 1.46. The third-order valence-corrected chi connectivity index (χ3v) is 4.64. The molecule has 0 saturated carbocycles. The second-order valence-corrected chi connectivity index (χ2v) is 6.51. The summed E-state index contributed by atoms with van der Waals surface area (Å²) in [5.41, 5.74) is 3.54. The van der Waals surface area contributed by atoms with Crippen LogP contribution < -0.4 is 5.43 Å². The lowest BCUT2D eigenvalue weighted by atomic mass is 10.1. The van der Waals surface area contributed by atoms with Gasteiger partial charge in [-0.3, -0.25) is 15.5 Å². The topological polar surface area (TPSA) is 93.6 Å². The van der Waals surface area contributed by atoms with Crippen LogP contribution in [0.25, 0.3) is 21.5 Å². The average molecular weight is 382 g/mol. The molecular weight excluding hydrogens is 371 g/mol. The van der Waals surface area contributed by atoms with Crippen LogP contribution in [0.5, 0.6) is 0 Å². The number of hydrogen-bond acceptors (Lipinski definition) is 7. The first-order chi connectivity index (χ1) is 13.1. The van der Waals surface area contributed by atoms with Crippen LogP contribution in [0.15, 0.2) is 64.1 Å². The van der Waals surface area contributed by atoms with Crippen LogP contribution in [0.2, 0.25) is 0 Å². The molecule has 4 aromatic rings. The standard InChI is InChI=1S/C18H11FN4O3S/c19-11-5-7-13(15(9-11)23(24)25)16-8-6-12(26-16)10-20-22-18-21-14-3-1-2-4-17(14)27-18/h1-10H,(H,21,22)/b20-10-. The molecule has 134 valence electrons. The van der Waals surface area contributed by atoms with Crippen molar-refractivity contribution in [3.8, 4) is 11.3 Å². The highest BCUT2D eigenvalue weighted by atomic mass is 32.1. The van der Waals surface area contributed by atoms with Gasteiger partial charge in [-0.25, -0.2) is 9.37 Å². The maximum Gasteiger partial charge on any atom is 0.283 e. The molecular formula is C18H11FN4O3S. The molecule has 0 fully saturated rings. The Balaban J connectivity index is 1.53. The average Bonchev–Trinajstić information content (AvgIpc) is 3.28. The van der Waals surface area contributed by atoms with Gasteiger partial charge in [-0.05, 0) is 36.4 Å². The number of aromatic nitrogens is 1. The van der Waals surface area contributed by atoms with Gasteiger partial charge in [0, 0.05) is 0 Å². The first-order valence-electron chi connectivity index (χ1n) is 7.79. The van der Waals surface area contributed by atoms with E-state index in [0.29, 0.717) is 10.9 Å². The van der Waals surface area contributed by atoms with E-state index in [1.807, 2.05) is 24.3 Å². The van der Waals surface area contributed by atoms with Gasteiger partial charge in [0.1, 0.15) is 17.3 Å². The van der Waals surface area contributed by atoms with E-state index in [0.717, 1.165) is 22.3 Å². The van der Waals surface area contributed by atoms with E-state index in [1.165, 1.54) is 23.6 Å². The lowest BCUT2D eigenvalue weighted by molar-refractivity contribution is -0.384. The second kappa shape index (κ2) is 6.96. The molecule has 2 aromatic heterocycles. The zero-order valence-electron chi connectivity index (χ0n) is 13.6. The van der Waals surface area contributed by atoms with Crippen LogP contribution in [-0.2, 0) is 0 Å². The van der Waals surface area contributed by atoms with Gasteiger partial charge in [0.15, 0.2) is 0 Å². The summed E-state index contributed by atoms with van der Waals surface area (Å²) in [5.74, 6) is -0.0424. The third-order valence-electron chi connectivity index (χ3n) is 3.69. The molecule has 0 amide bonds. The highest BCUT2D eigenvalue weighted by Crippen LogP contribution is 2.31. The van der Waals surface area contributed by atoms with Crippen LogP contribution in [0.4, 0.5) is 15.2 Å². The number of benzene rings is 2. The third kappa shape index (κ3) is 3.53. The SMILES string of the molecule is O=[N+]([O-])c1cc(F)ccc1-c1ccc(/C=N\Nc2nc3ccccc3s2)o1. The minimum Gasteiger partial charge on any atom is -0.455 e. The summed E-state index contributed by atoms with van der Waals surface area (Å²) in [6, 6.07) is 14.2. The lowest BCUT2D eigenvalue weighted by Crippen LogP contribution is -1.92. The Kier molecular flexibility index (Phi) is 4.35. The minimum absolute atomic E-state index is 0.195. The predicted molar refractivity (Wildman–Crippen MR) is 102 cm³/mol. The predicted octanol–water partition coefficient (Wildman–Crippen LogP) is 5.05. The molecule has 0 bridgehead atoms. The van der Waals surface area contributed by atoms with Gasteiger partial charge in [0.05, 0.1) is 33.0 Å². The number of thiazole rings is 1. The maximum atomic E-state index is 13.3. The van der Waals surface area contributed by atoms with E-state index in [4.69, 9.17) is 4.42 Å². The van der Waals surface area contributed by atoms with Crippen molar-refractivity contribution in [2.45, 2.75) is 0 Å². The summed E-state index contributed by atoms with van der Waals surface area (Å²) in [7, 11) is 0. The number of rotatable bonds is 5. The quantitative estimate of drug-likeness (QED) is 0.296. The number of halogens is 1. The number of hydrogen-bond donors (Lipinski definition) is 1. The van der Waals surface area contributed by atoms with Crippen molar-refractivity contribution in [2.75, 3.05) is 5.43 Å². The van der Waals surface area contributed by atoms with Crippen molar-refractivity contribution in [2.24, 2.45) is 5.10 Å². The number of anilines is 1. The number of hydrazone groups is 1. The summed E-state index contributed by atoms with van der Waals surface area (Å²) in [6.45, 7) is 0. The Morgan fingerprint density at radius 3 is 2.89 bits per heavy atom. The molecule has 0 unspecified atom stereocenters. The van der Waals surface area contributed by atoms with Crippen LogP contribution in [-0.4, -0.2) is 16.1 Å². The van der Waals surface area contributed by atoms with Crippen molar-refractivity contribution in [1.29, 1.82) is 0 Å². The molecule has 1 N–H and O–H groups in total. The van der Waals surface area contributed by atoms with E-state index in [9.17, 15) is 14.5 Å². The number of nitrogens with one attached hydrogen (secondary N) is 1. The zero-order valence-corrected chi connectivity index (χ0v) is 14.4. The number of para-hydroxylation sites is 1. The van der Waals surface area contributed by atoms with Crippen molar-refractivity contribution in [3.63, 3.8) is 0 Å². The van der Waals surface area contributed by atoms with E-state index in [2.05, 4.69) is 15.5 Å². The van der Waals surface area contributed by atoms with Crippen molar-refractivity contribution in [3.05, 3.63) is 76.3 Å². The van der Waals surface area contributed by atoms with Gasteiger partial charge in [-0.1, -0.05) is 23.5 Å². The number of furan rings is 1. The molecule has 0 atom stereocenters. The lowest BCUT2D eigenvalue weighted by Gasteiger charge is -1.99. The highest BCUT2D eigenvalue weighted by molar-refractivity contribution is 7.22. The molecule has 0 aliphatic heterocycles. The molecule has 2 aromatic carbocycles. The number of fused-ring (bicyclic) bond motifs is 1. The van der Waals surface area contributed by atoms with Gasteiger partial charge >= 0.3 is 0 Å². The van der Waals surface area contributed by atoms with Gasteiger partial charge < -0.3 is 4.42 Å². The molecule has 0 saturated heterocycles. The van der Waals surface area contributed by atoms with Crippen LogP contribution >= 0.6 is 11.3 Å². The van der Waals surface area contributed by atoms with E-state index in [1.54, 1.807) is 12.1 Å². The smallest absolute Gasteiger partial charge is 0.283 e. The maximum absolute atomic E-state index is 13.3. The normalized spacial score (nSPS) is 11.3.